The minimum atomic E-state index is -0.549. The van der Waals surface area contributed by atoms with E-state index < -0.39 is 11.6 Å². The smallest absolute Gasteiger partial charge is 0.410 e. The molecule has 0 bridgehead atoms. The zero-order valence-electron chi connectivity index (χ0n) is 19.6. The molecule has 0 aliphatic heterocycles. The maximum atomic E-state index is 12.3. The molecule has 33 heavy (non-hydrogen) atoms. The highest BCUT2D eigenvalue weighted by Crippen LogP contribution is 2.32. The number of ether oxygens (including phenoxy) is 3. The zero-order chi connectivity index (χ0) is 23.9. The van der Waals surface area contributed by atoms with Gasteiger partial charge in [0.25, 0.3) is 0 Å². The van der Waals surface area contributed by atoms with Gasteiger partial charge in [0, 0.05) is 50.8 Å². The summed E-state index contributed by atoms with van der Waals surface area (Å²) in [5.74, 6) is -0.197. The molecule has 176 valence electrons. The molecule has 3 heterocycles. The number of hydrogen-bond donors (Lipinski definition) is 0. The third-order valence-corrected chi connectivity index (χ3v) is 5.39. The number of methoxy groups -OCH3 is 1. The summed E-state index contributed by atoms with van der Waals surface area (Å²) in [6, 6.07) is 1.60. The van der Waals surface area contributed by atoms with Crippen LogP contribution in [0.15, 0.2) is 24.7 Å². The number of esters is 1. The molecular weight excluding hydrogens is 428 g/mol. The Balaban J connectivity index is 1.55. The van der Waals surface area contributed by atoms with E-state index in [2.05, 4.69) is 15.2 Å². The van der Waals surface area contributed by atoms with Crippen LogP contribution < -0.4 is 4.74 Å². The summed E-state index contributed by atoms with van der Waals surface area (Å²) in [5.41, 5.74) is 1.55. The van der Waals surface area contributed by atoms with Crippen LogP contribution in [-0.2, 0) is 16.5 Å². The van der Waals surface area contributed by atoms with Gasteiger partial charge < -0.3 is 19.1 Å². The highest BCUT2D eigenvalue weighted by molar-refractivity contribution is 5.89. The van der Waals surface area contributed by atoms with Crippen molar-refractivity contribution in [3.05, 3.63) is 30.4 Å². The summed E-state index contributed by atoms with van der Waals surface area (Å²) < 4.78 is 19.7. The largest absolute Gasteiger partial charge is 0.473 e. The van der Waals surface area contributed by atoms with Crippen molar-refractivity contribution in [3.63, 3.8) is 0 Å². The molecule has 0 saturated heterocycles. The molecule has 11 nitrogen and oxygen atoms in total. The normalized spacial score (nSPS) is 18.0. The Hall–Kier alpha value is -3.63. The first-order valence-corrected chi connectivity index (χ1v) is 10.6. The molecule has 1 amide bonds. The van der Waals surface area contributed by atoms with Crippen molar-refractivity contribution in [2.75, 3.05) is 14.2 Å². The van der Waals surface area contributed by atoms with Gasteiger partial charge in [0.2, 0.25) is 5.88 Å². The van der Waals surface area contributed by atoms with E-state index in [1.165, 1.54) is 7.11 Å². The Bertz CT molecular complexity index is 1190. The summed E-state index contributed by atoms with van der Waals surface area (Å²) in [5, 5.41) is 8.51. The van der Waals surface area contributed by atoms with Gasteiger partial charge in [-0.25, -0.2) is 19.1 Å². The van der Waals surface area contributed by atoms with Gasteiger partial charge in [-0.3, -0.25) is 4.68 Å². The fourth-order valence-electron chi connectivity index (χ4n) is 3.54. The van der Waals surface area contributed by atoms with Crippen LogP contribution in [0.25, 0.3) is 16.8 Å². The Labute approximate surface area is 191 Å². The number of amides is 1. The number of aryl methyl sites for hydroxylation is 1. The summed E-state index contributed by atoms with van der Waals surface area (Å²) >= 11 is 0. The van der Waals surface area contributed by atoms with E-state index in [1.54, 1.807) is 39.6 Å². The second-order valence-corrected chi connectivity index (χ2v) is 9.14. The van der Waals surface area contributed by atoms with Crippen molar-refractivity contribution in [2.45, 2.75) is 51.4 Å². The van der Waals surface area contributed by atoms with Gasteiger partial charge in [-0.2, -0.15) is 10.2 Å². The highest BCUT2D eigenvalue weighted by Gasteiger charge is 2.38. The molecule has 1 aliphatic carbocycles. The molecule has 1 saturated carbocycles. The van der Waals surface area contributed by atoms with Crippen LogP contribution >= 0.6 is 0 Å². The lowest BCUT2D eigenvalue weighted by atomic mass is 9.88. The van der Waals surface area contributed by atoms with E-state index in [1.807, 2.05) is 34.0 Å². The first-order valence-electron chi connectivity index (χ1n) is 10.6. The second kappa shape index (κ2) is 8.38. The second-order valence-electron chi connectivity index (χ2n) is 9.14. The zero-order valence-corrected chi connectivity index (χ0v) is 19.6. The minimum absolute atomic E-state index is 0.0120. The third-order valence-electron chi connectivity index (χ3n) is 5.39. The summed E-state index contributed by atoms with van der Waals surface area (Å²) in [6.45, 7) is 5.52. The summed E-state index contributed by atoms with van der Waals surface area (Å²) in [4.78, 5) is 30.6. The molecule has 0 N–H and O–H groups in total. The van der Waals surface area contributed by atoms with Crippen LogP contribution in [0, 0.1) is 0 Å². The predicted octanol–water partition coefficient (Wildman–Crippen LogP) is 2.69. The van der Waals surface area contributed by atoms with E-state index in [4.69, 9.17) is 14.2 Å². The Kier molecular flexibility index (Phi) is 5.73. The van der Waals surface area contributed by atoms with Crippen molar-refractivity contribution >= 4 is 17.6 Å². The number of carbonyl (C=O) groups excluding carboxylic acids is 2. The predicted molar refractivity (Wildman–Crippen MR) is 118 cm³/mol. The maximum Gasteiger partial charge on any atom is 0.410 e. The van der Waals surface area contributed by atoms with Gasteiger partial charge in [-0.1, -0.05) is 0 Å². The Morgan fingerprint density at radius 1 is 1.21 bits per heavy atom. The van der Waals surface area contributed by atoms with E-state index in [9.17, 15) is 9.59 Å². The SMILES string of the molecule is COC(=O)c1cc2c(O[C@H]3C[C@@H](N(C)C(=O)OC(C)(C)C)C3)nc(-c3cnn(C)c3)cn2n1. The number of carbonyl (C=O) groups is 2. The lowest BCUT2D eigenvalue weighted by Gasteiger charge is -2.40. The number of aromatic nitrogens is 5. The molecule has 3 aromatic heterocycles. The van der Waals surface area contributed by atoms with Gasteiger partial charge in [0.05, 0.1) is 25.2 Å². The molecule has 0 radical (unpaired) electrons. The standard InChI is InChI=1S/C22H28N6O5/c1-22(2,3)33-21(30)27(5)14-7-15(8-14)32-19-18-9-16(20(29)31-6)25-28(18)12-17(24-19)13-10-23-26(4)11-13/h9-12,14-15H,7-8H2,1-6H3/t14-,15+. The van der Waals surface area contributed by atoms with E-state index in [0.29, 0.717) is 29.9 Å². The molecule has 3 aromatic rings. The van der Waals surface area contributed by atoms with Crippen LogP contribution in [0.4, 0.5) is 4.79 Å². The summed E-state index contributed by atoms with van der Waals surface area (Å²) in [6.07, 6.45) is 6.01. The first kappa shape index (κ1) is 22.6. The van der Waals surface area contributed by atoms with Crippen LogP contribution in [0.1, 0.15) is 44.1 Å². The number of hydrogen-bond acceptors (Lipinski definition) is 8. The molecule has 0 unspecified atom stereocenters. The van der Waals surface area contributed by atoms with Crippen LogP contribution in [-0.4, -0.2) is 73.2 Å². The number of rotatable bonds is 5. The molecule has 0 spiro atoms. The number of nitrogens with zero attached hydrogens (tertiary/aromatic N) is 6. The van der Waals surface area contributed by atoms with Crippen molar-refractivity contribution in [3.8, 4) is 17.1 Å². The molecule has 0 aromatic carbocycles. The van der Waals surface area contributed by atoms with Gasteiger partial charge in [-0.15, -0.1) is 0 Å². The van der Waals surface area contributed by atoms with Gasteiger partial charge in [-0.05, 0) is 20.8 Å². The van der Waals surface area contributed by atoms with Crippen molar-refractivity contribution in [1.82, 2.24) is 29.3 Å². The van der Waals surface area contributed by atoms with Crippen LogP contribution in [0.5, 0.6) is 5.88 Å². The van der Waals surface area contributed by atoms with Crippen LogP contribution in [0.2, 0.25) is 0 Å². The van der Waals surface area contributed by atoms with Crippen molar-refractivity contribution in [1.29, 1.82) is 0 Å². The van der Waals surface area contributed by atoms with Gasteiger partial charge in [0.1, 0.15) is 17.2 Å². The third kappa shape index (κ3) is 4.76. The molecule has 0 atom stereocenters. The molecule has 4 rings (SSSR count). The number of fused-ring (bicyclic) bond motifs is 1. The monoisotopic (exact) mass is 456 g/mol. The van der Waals surface area contributed by atoms with E-state index >= 15 is 0 Å². The quantitative estimate of drug-likeness (QED) is 0.539. The van der Waals surface area contributed by atoms with Crippen LogP contribution in [0.3, 0.4) is 0 Å². The minimum Gasteiger partial charge on any atom is -0.473 e. The average Bonchev–Trinajstić information content (AvgIpc) is 3.34. The lowest BCUT2D eigenvalue weighted by Crippen LogP contribution is -2.51. The highest BCUT2D eigenvalue weighted by atomic mass is 16.6. The Morgan fingerprint density at radius 3 is 2.55 bits per heavy atom. The fourth-order valence-corrected chi connectivity index (χ4v) is 3.54. The van der Waals surface area contributed by atoms with Gasteiger partial charge in [0.15, 0.2) is 5.69 Å². The van der Waals surface area contributed by atoms with Crippen molar-refractivity contribution in [2.24, 2.45) is 7.05 Å². The van der Waals surface area contributed by atoms with Crippen molar-refractivity contribution < 1.29 is 23.8 Å². The van der Waals surface area contributed by atoms with E-state index in [-0.39, 0.29) is 23.9 Å². The molecular formula is C22H28N6O5. The Morgan fingerprint density at radius 2 is 1.94 bits per heavy atom. The molecule has 11 heteroatoms. The topological polar surface area (TPSA) is 113 Å². The average molecular weight is 457 g/mol. The maximum absolute atomic E-state index is 12.3. The summed E-state index contributed by atoms with van der Waals surface area (Å²) in [7, 11) is 4.85. The lowest BCUT2D eigenvalue weighted by molar-refractivity contribution is -0.00938. The fraction of sp³-hybridized carbons (Fsp3) is 0.500. The van der Waals surface area contributed by atoms with Gasteiger partial charge >= 0.3 is 12.1 Å². The first-order chi connectivity index (χ1) is 15.5. The molecule has 1 aliphatic rings. The molecule has 1 fully saturated rings. The van der Waals surface area contributed by atoms with E-state index in [0.717, 1.165) is 5.56 Å².